The highest BCUT2D eigenvalue weighted by Gasteiger charge is 2.32. The van der Waals surface area contributed by atoms with Gasteiger partial charge in [0.2, 0.25) is 5.91 Å². The number of aromatic nitrogens is 4. The average molecular weight is 493 g/mol. The van der Waals surface area contributed by atoms with Crippen LogP contribution in [0.1, 0.15) is 12.5 Å². The number of hydrogen-bond acceptors (Lipinski definition) is 7. The van der Waals surface area contributed by atoms with Gasteiger partial charge in [-0.3, -0.25) is 9.78 Å². The van der Waals surface area contributed by atoms with Gasteiger partial charge in [-0.25, -0.2) is 0 Å². The molecule has 1 fully saturated rings. The van der Waals surface area contributed by atoms with E-state index in [0.29, 0.717) is 49.5 Å². The van der Waals surface area contributed by atoms with Crippen molar-refractivity contribution < 1.29 is 22.7 Å². The fourth-order valence-corrected chi connectivity index (χ4v) is 4.41. The number of carbonyl (C=O) groups excluding carboxylic acids is 1. The summed E-state index contributed by atoms with van der Waals surface area (Å²) in [5, 5.41) is 11.6. The van der Waals surface area contributed by atoms with Crippen LogP contribution < -0.4 is 10.2 Å². The first-order valence-corrected chi connectivity index (χ1v) is 11.7. The minimum absolute atomic E-state index is 0.0344. The molecule has 1 amide bonds. The van der Waals surface area contributed by atoms with Gasteiger partial charge in [0, 0.05) is 37.6 Å². The molecule has 0 atom stereocenters. The predicted octanol–water partition coefficient (Wildman–Crippen LogP) is 3.95. The van der Waals surface area contributed by atoms with Crippen LogP contribution in [-0.4, -0.2) is 57.7 Å². The monoisotopic (exact) mass is 492 g/mol. The number of anilines is 2. The van der Waals surface area contributed by atoms with Gasteiger partial charge in [-0.2, -0.15) is 13.2 Å². The van der Waals surface area contributed by atoms with Crippen LogP contribution in [0.4, 0.5) is 24.5 Å². The van der Waals surface area contributed by atoms with Crippen molar-refractivity contribution in [2.24, 2.45) is 0 Å². The van der Waals surface area contributed by atoms with Crippen LogP contribution in [0.5, 0.6) is 0 Å². The van der Waals surface area contributed by atoms with Gasteiger partial charge in [-0.1, -0.05) is 11.8 Å². The predicted molar refractivity (Wildman–Crippen MR) is 123 cm³/mol. The van der Waals surface area contributed by atoms with Gasteiger partial charge in [-0.05, 0) is 37.3 Å². The zero-order valence-electron chi connectivity index (χ0n) is 18.4. The number of thioether (sulfide) groups is 1. The first-order valence-electron chi connectivity index (χ1n) is 10.7. The number of carbonyl (C=O) groups is 1. The molecule has 0 spiro atoms. The molecular weight excluding hydrogens is 469 g/mol. The molecule has 2 aromatic heterocycles. The number of amides is 1. The number of ether oxygens (including phenoxy) is 1. The van der Waals surface area contributed by atoms with E-state index in [2.05, 4.69) is 20.5 Å². The molecule has 1 aliphatic rings. The van der Waals surface area contributed by atoms with Crippen molar-refractivity contribution in [2.75, 3.05) is 42.3 Å². The van der Waals surface area contributed by atoms with Crippen LogP contribution in [-0.2, 0) is 22.3 Å². The number of pyridine rings is 1. The molecule has 1 N–H and O–H groups in total. The second-order valence-corrected chi connectivity index (χ2v) is 8.39. The lowest BCUT2D eigenvalue weighted by Gasteiger charge is -2.31. The average Bonchev–Trinajstić information content (AvgIpc) is 3.26. The highest BCUT2D eigenvalue weighted by Crippen LogP contribution is 2.36. The molecule has 12 heteroatoms. The van der Waals surface area contributed by atoms with Crippen molar-refractivity contribution in [3.05, 3.63) is 48.3 Å². The number of rotatable bonds is 7. The molecule has 4 rings (SSSR count). The van der Waals surface area contributed by atoms with Crippen molar-refractivity contribution in [1.29, 1.82) is 0 Å². The first-order chi connectivity index (χ1) is 16.4. The standard InChI is InChI=1S/C22H23F3N6O2S/c1-2-31-20(15-5-7-26-8-6-15)28-29-21(31)34-14-19(32)27-17-13-16(22(23,24)25)3-4-18(17)30-9-11-33-12-10-30/h3-8,13H,2,9-12,14H2,1H3,(H,27,32). The quantitative estimate of drug-likeness (QED) is 0.500. The van der Waals surface area contributed by atoms with Crippen molar-refractivity contribution >= 4 is 29.0 Å². The van der Waals surface area contributed by atoms with Crippen molar-refractivity contribution in [3.63, 3.8) is 0 Å². The number of morpholine rings is 1. The maximum absolute atomic E-state index is 13.3. The topological polar surface area (TPSA) is 85.2 Å². The van der Waals surface area contributed by atoms with Gasteiger partial charge in [0.15, 0.2) is 11.0 Å². The maximum atomic E-state index is 13.3. The Labute approximate surface area is 198 Å². The van der Waals surface area contributed by atoms with E-state index in [-0.39, 0.29) is 11.4 Å². The Morgan fingerprint density at radius 1 is 1.15 bits per heavy atom. The van der Waals surface area contributed by atoms with E-state index in [1.807, 2.05) is 28.5 Å². The lowest BCUT2D eigenvalue weighted by molar-refractivity contribution is -0.137. The van der Waals surface area contributed by atoms with Crippen molar-refractivity contribution in [2.45, 2.75) is 24.8 Å². The molecule has 0 aliphatic carbocycles. The molecule has 1 aliphatic heterocycles. The SMILES string of the molecule is CCn1c(SCC(=O)Nc2cc(C(F)(F)F)ccc2N2CCOCC2)nnc1-c1ccncc1. The number of nitrogens with one attached hydrogen (secondary N) is 1. The summed E-state index contributed by atoms with van der Waals surface area (Å²) in [7, 11) is 0. The number of benzene rings is 1. The van der Waals surface area contributed by atoms with E-state index < -0.39 is 17.6 Å². The summed E-state index contributed by atoms with van der Waals surface area (Å²) in [5.74, 6) is 0.183. The second kappa shape index (κ2) is 10.4. The van der Waals surface area contributed by atoms with Crippen LogP contribution in [0.2, 0.25) is 0 Å². The van der Waals surface area contributed by atoms with Gasteiger partial charge in [0.05, 0.1) is 35.9 Å². The molecule has 1 saturated heterocycles. The van der Waals surface area contributed by atoms with E-state index in [4.69, 9.17) is 4.74 Å². The van der Waals surface area contributed by atoms with E-state index in [1.54, 1.807) is 12.4 Å². The smallest absolute Gasteiger partial charge is 0.378 e. The highest BCUT2D eigenvalue weighted by atomic mass is 32.2. The molecule has 0 bridgehead atoms. The minimum atomic E-state index is -4.52. The number of hydrogen-bond donors (Lipinski definition) is 1. The number of halogens is 3. The first kappa shape index (κ1) is 24.0. The Balaban J connectivity index is 1.50. The van der Waals surface area contributed by atoms with Gasteiger partial charge >= 0.3 is 6.18 Å². The summed E-state index contributed by atoms with van der Waals surface area (Å²) in [6.07, 6.45) is -1.20. The normalized spacial score (nSPS) is 14.3. The number of nitrogens with zero attached hydrogens (tertiary/aromatic N) is 5. The lowest BCUT2D eigenvalue weighted by Crippen LogP contribution is -2.37. The number of alkyl halides is 3. The molecule has 1 aromatic carbocycles. The molecule has 0 unspecified atom stereocenters. The lowest BCUT2D eigenvalue weighted by atomic mass is 10.1. The molecule has 180 valence electrons. The highest BCUT2D eigenvalue weighted by molar-refractivity contribution is 7.99. The summed E-state index contributed by atoms with van der Waals surface area (Å²) in [4.78, 5) is 18.6. The fourth-order valence-electron chi connectivity index (χ4n) is 3.60. The molecule has 0 saturated carbocycles. The molecule has 3 heterocycles. The molecule has 0 radical (unpaired) electrons. The molecule has 3 aromatic rings. The second-order valence-electron chi connectivity index (χ2n) is 7.45. The Hall–Kier alpha value is -3.12. The summed E-state index contributed by atoms with van der Waals surface area (Å²) < 4.78 is 47.1. The summed E-state index contributed by atoms with van der Waals surface area (Å²) in [6.45, 7) is 4.52. The Morgan fingerprint density at radius 2 is 1.88 bits per heavy atom. The molecular formula is C22H23F3N6O2S. The molecule has 8 nitrogen and oxygen atoms in total. The van der Waals surface area contributed by atoms with E-state index in [9.17, 15) is 18.0 Å². The van der Waals surface area contributed by atoms with Gasteiger partial charge in [0.1, 0.15) is 0 Å². The van der Waals surface area contributed by atoms with Crippen LogP contribution in [0.15, 0.2) is 47.9 Å². The summed E-state index contributed by atoms with van der Waals surface area (Å²) in [5.41, 5.74) is 0.683. The summed E-state index contributed by atoms with van der Waals surface area (Å²) >= 11 is 1.17. The zero-order valence-corrected chi connectivity index (χ0v) is 19.2. The Bertz CT molecular complexity index is 1130. The van der Waals surface area contributed by atoms with Gasteiger partial charge in [0.25, 0.3) is 0 Å². The van der Waals surface area contributed by atoms with Gasteiger partial charge < -0.3 is 19.5 Å². The third-order valence-corrected chi connectivity index (χ3v) is 6.22. The Morgan fingerprint density at radius 3 is 2.56 bits per heavy atom. The van der Waals surface area contributed by atoms with E-state index in [0.717, 1.165) is 17.7 Å². The molecule has 34 heavy (non-hydrogen) atoms. The van der Waals surface area contributed by atoms with Crippen molar-refractivity contribution in [1.82, 2.24) is 19.7 Å². The third-order valence-electron chi connectivity index (χ3n) is 5.25. The third kappa shape index (κ3) is 5.50. The van der Waals surface area contributed by atoms with Crippen LogP contribution >= 0.6 is 11.8 Å². The van der Waals surface area contributed by atoms with Crippen molar-refractivity contribution in [3.8, 4) is 11.4 Å². The van der Waals surface area contributed by atoms with Crippen LogP contribution in [0.3, 0.4) is 0 Å². The van der Waals surface area contributed by atoms with Crippen LogP contribution in [0.25, 0.3) is 11.4 Å². The van der Waals surface area contributed by atoms with Gasteiger partial charge in [-0.15, -0.1) is 10.2 Å². The maximum Gasteiger partial charge on any atom is 0.416 e. The Kier molecular flexibility index (Phi) is 7.37. The van der Waals surface area contributed by atoms with Crippen LogP contribution in [0, 0.1) is 0 Å². The van der Waals surface area contributed by atoms with E-state index in [1.165, 1.54) is 17.8 Å². The largest absolute Gasteiger partial charge is 0.416 e. The fraction of sp³-hybridized carbons (Fsp3) is 0.364. The minimum Gasteiger partial charge on any atom is -0.378 e. The summed E-state index contributed by atoms with van der Waals surface area (Å²) in [6, 6.07) is 7.03. The zero-order chi connectivity index (χ0) is 24.1. The van der Waals surface area contributed by atoms with E-state index >= 15 is 0 Å².